The Hall–Kier alpha value is -1.24. The molecule has 11 heteroatoms. The number of rotatable bonds is 5. The second-order valence-corrected chi connectivity index (χ2v) is 8.27. The number of nitrogens with zero attached hydrogens (tertiary/aromatic N) is 7. The fourth-order valence-electron chi connectivity index (χ4n) is 4.48. The summed E-state index contributed by atoms with van der Waals surface area (Å²) in [6, 6.07) is 0. The van der Waals surface area contributed by atoms with Crippen molar-refractivity contribution < 1.29 is 18.0 Å². The number of hydrogen-bond acceptors (Lipinski definition) is 7. The molecule has 0 amide bonds. The highest BCUT2D eigenvalue weighted by molar-refractivity contribution is 7.16. The van der Waals surface area contributed by atoms with Crippen molar-refractivity contribution in [2.24, 2.45) is 0 Å². The number of methoxy groups -OCH3 is 1. The molecule has 0 aromatic carbocycles. The van der Waals surface area contributed by atoms with Crippen LogP contribution in [0.3, 0.4) is 0 Å². The standard InChI is InChI=1S/C14H20F2N7OS/c1-24-3-11-18-22-10(12(13(15)16)17-14(22)25-11)2-23-7-19-4-20(8-23)6-21(5-19)9-23/h13H,2-9H2,1H3/q+1. The van der Waals surface area contributed by atoms with Crippen LogP contribution in [0.2, 0.25) is 0 Å². The molecule has 4 aliphatic rings. The van der Waals surface area contributed by atoms with Gasteiger partial charge in [-0.15, -0.1) is 0 Å². The summed E-state index contributed by atoms with van der Waals surface area (Å²) in [5, 5.41) is 5.22. The number of fused-ring (bicyclic) bond motifs is 1. The molecule has 6 rings (SSSR count). The van der Waals surface area contributed by atoms with E-state index in [1.165, 1.54) is 11.3 Å². The molecule has 4 fully saturated rings. The van der Waals surface area contributed by atoms with Crippen molar-refractivity contribution in [2.75, 3.05) is 47.1 Å². The Bertz CT molecular complexity index is 771. The Labute approximate surface area is 147 Å². The van der Waals surface area contributed by atoms with E-state index in [0.717, 1.165) is 49.5 Å². The van der Waals surface area contributed by atoms with E-state index in [-0.39, 0.29) is 5.69 Å². The number of halogens is 2. The van der Waals surface area contributed by atoms with E-state index in [0.29, 0.717) is 23.8 Å². The zero-order valence-corrected chi connectivity index (χ0v) is 14.8. The molecule has 2 aromatic heterocycles. The van der Waals surface area contributed by atoms with E-state index in [4.69, 9.17) is 4.74 Å². The second kappa shape index (κ2) is 5.63. The highest BCUT2D eigenvalue weighted by Gasteiger charge is 2.49. The fourth-order valence-corrected chi connectivity index (χ4v) is 5.37. The third kappa shape index (κ3) is 2.57. The summed E-state index contributed by atoms with van der Waals surface area (Å²) < 4.78 is 34.6. The van der Waals surface area contributed by atoms with Crippen molar-refractivity contribution in [1.82, 2.24) is 29.3 Å². The minimum Gasteiger partial charge on any atom is -0.377 e. The van der Waals surface area contributed by atoms with Crippen LogP contribution in [0.25, 0.3) is 4.96 Å². The molecule has 0 atom stereocenters. The van der Waals surface area contributed by atoms with Gasteiger partial charge < -0.3 is 4.74 Å². The van der Waals surface area contributed by atoms with Gasteiger partial charge in [-0.1, -0.05) is 11.3 Å². The lowest BCUT2D eigenvalue weighted by atomic mass is 10.2. The van der Waals surface area contributed by atoms with Gasteiger partial charge in [-0.05, 0) is 0 Å². The van der Waals surface area contributed by atoms with Gasteiger partial charge in [0.2, 0.25) is 4.96 Å². The lowest BCUT2D eigenvalue weighted by Crippen LogP contribution is -2.78. The molecule has 0 aliphatic carbocycles. The van der Waals surface area contributed by atoms with Crippen LogP contribution in [0, 0.1) is 0 Å². The Kier molecular flexibility index (Phi) is 3.60. The molecule has 0 spiro atoms. The Morgan fingerprint density at radius 3 is 2.36 bits per heavy atom. The molecule has 6 heterocycles. The van der Waals surface area contributed by atoms with Gasteiger partial charge in [-0.2, -0.15) is 5.10 Å². The number of imidazole rings is 1. The second-order valence-electron chi connectivity index (χ2n) is 7.23. The van der Waals surface area contributed by atoms with Crippen LogP contribution in [0.1, 0.15) is 22.8 Å². The van der Waals surface area contributed by atoms with E-state index in [1.54, 1.807) is 11.6 Å². The Morgan fingerprint density at radius 1 is 1.16 bits per heavy atom. The van der Waals surface area contributed by atoms with Crippen LogP contribution >= 0.6 is 11.3 Å². The van der Waals surface area contributed by atoms with Gasteiger partial charge in [-0.3, -0.25) is 4.48 Å². The maximum atomic E-state index is 13.6. The molecule has 0 saturated carbocycles. The molecular weight excluding hydrogens is 352 g/mol. The summed E-state index contributed by atoms with van der Waals surface area (Å²) in [6.07, 6.45) is -2.59. The predicted octanol–water partition coefficient (Wildman–Crippen LogP) is 0.883. The summed E-state index contributed by atoms with van der Waals surface area (Å²) in [4.78, 5) is 11.8. The maximum absolute atomic E-state index is 13.6. The molecule has 25 heavy (non-hydrogen) atoms. The van der Waals surface area contributed by atoms with Gasteiger partial charge in [0.05, 0.1) is 26.6 Å². The molecular formula is C14H20F2N7OS+. The first-order chi connectivity index (χ1) is 12.0. The predicted molar refractivity (Wildman–Crippen MR) is 85.2 cm³/mol. The van der Waals surface area contributed by atoms with Crippen LogP contribution in [0.5, 0.6) is 0 Å². The van der Waals surface area contributed by atoms with E-state index >= 15 is 0 Å². The largest absolute Gasteiger partial charge is 0.377 e. The number of quaternary nitrogens is 1. The van der Waals surface area contributed by atoms with Gasteiger partial charge in [-0.25, -0.2) is 33.0 Å². The third-order valence-corrected chi connectivity index (χ3v) is 5.91. The van der Waals surface area contributed by atoms with Crippen molar-refractivity contribution in [3.8, 4) is 0 Å². The molecule has 4 bridgehead atoms. The zero-order valence-electron chi connectivity index (χ0n) is 13.9. The molecule has 8 nitrogen and oxygen atoms in total. The van der Waals surface area contributed by atoms with Crippen LogP contribution in [-0.4, -0.2) is 80.9 Å². The average molecular weight is 372 g/mol. The quantitative estimate of drug-likeness (QED) is 0.727. The van der Waals surface area contributed by atoms with Gasteiger partial charge >= 0.3 is 0 Å². The van der Waals surface area contributed by atoms with Crippen LogP contribution in [-0.2, 0) is 17.9 Å². The molecule has 0 N–H and O–H groups in total. The van der Waals surface area contributed by atoms with Crippen molar-refractivity contribution in [3.05, 3.63) is 16.4 Å². The smallest absolute Gasteiger partial charge is 0.282 e. The first-order valence-electron chi connectivity index (χ1n) is 8.22. The summed E-state index contributed by atoms with van der Waals surface area (Å²) in [5.41, 5.74) is 0.408. The zero-order chi connectivity index (χ0) is 17.2. The van der Waals surface area contributed by atoms with Crippen molar-refractivity contribution in [3.63, 3.8) is 0 Å². The monoisotopic (exact) mass is 372 g/mol. The van der Waals surface area contributed by atoms with Gasteiger partial charge in [0, 0.05) is 7.11 Å². The third-order valence-electron chi connectivity index (χ3n) is 5.03. The molecule has 4 saturated heterocycles. The minimum atomic E-state index is -2.59. The number of aromatic nitrogens is 3. The first-order valence-corrected chi connectivity index (χ1v) is 9.03. The van der Waals surface area contributed by atoms with Crippen LogP contribution in [0.4, 0.5) is 8.78 Å². The highest BCUT2D eigenvalue weighted by atomic mass is 32.1. The fraction of sp³-hybridized carbons (Fsp3) is 0.714. The number of alkyl halides is 2. The topological polar surface area (TPSA) is 49.1 Å². The average Bonchev–Trinajstić information content (AvgIpc) is 3.05. The van der Waals surface area contributed by atoms with Crippen LogP contribution < -0.4 is 0 Å². The maximum Gasteiger partial charge on any atom is 0.282 e. The number of hydrogen-bond donors (Lipinski definition) is 0. The highest BCUT2D eigenvalue weighted by Crippen LogP contribution is 2.34. The van der Waals surface area contributed by atoms with E-state index in [1.807, 2.05) is 0 Å². The lowest BCUT2D eigenvalue weighted by molar-refractivity contribution is -0.991. The summed E-state index contributed by atoms with van der Waals surface area (Å²) >= 11 is 1.31. The van der Waals surface area contributed by atoms with Crippen molar-refractivity contribution >= 4 is 16.3 Å². The van der Waals surface area contributed by atoms with Crippen LogP contribution in [0.15, 0.2) is 0 Å². The van der Waals surface area contributed by atoms with Crippen molar-refractivity contribution in [1.29, 1.82) is 0 Å². The minimum absolute atomic E-state index is 0.128. The lowest BCUT2D eigenvalue weighted by Gasteiger charge is -2.60. The summed E-state index contributed by atoms with van der Waals surface area (Å²) in [5.74, 6) is 0. The van der Waals surface area contributed by atoms with Gasteiger partial charge in [0.15, 0.2) is 0 Å². The summed E-state index contributed by atoms with van der Waals surface area (Å²) in [7, 11) is 1.60. The molecule has 136 valence electrons. The van der Waals surface area contributed by atoms with Gasteiger partial charge in [0.25, 0.3) is 6.43 Å². The van der Waals surface area contributed by atoms with E-state index in [2.05, 4.69) is 24.8 Å². The molecule has 2 aromatic rings. The molecule has 0 radical (unpaired) electrons. The number of ether oxygens (including phenoxy) is 1. The van der Waals surface area contributed by atoms with E-state index in [9.17, 15) is 8.78 Å². The summed E-state index contributed by atoms with van der Waals surface area (Å²) in [6.45, 7) is 6.44. The normalized spacial score (nSPS) is 33.8. The first kappa shape index (κ1) is 16.0. The molecule has 4 aliphatic heterocycles. The Balaban J connectivity index is 1.53. The molecule has 0 unspecified atom stereocenters. The van der Waals surface area contributed by atoms with Gasteiger partial charge in [0.1, 0.15) is 42.9 Å². The van der Waals surface area contributed by atoms with Crippen molar-refractivity contribution in [2.45, 2.75) is 19.6 Å². The SMILES string of the molecule is COCc1nn2c(C[N+]34CN5CN(CN(C5)C3)C4)c(C(F)F)nc2s1. The Morgan fingerprint density at radius 2 is 1.80 bits per heavy atom. The van der Waals surface area contributed by atoms with E-state index < -0.39 is 6.43 Å².